The molecule has 1 heterocycles. The predicted molar refractivity (Wildman–Crippen MR) is 92.9 cm³/mol. The van der Waals surface area contributed by atoms with Crippen LogP contribution in [0.4, 0.5) is 0 Å². The highest BCUT2D eigenvalue weighted by atomic mass is 16.5. The van der Waals surface area contributed by atoms with E-state index >= 15 is 0 Å². The van der Waals surface area contributed by atoms with Gasteiger partial charge in [0.05, 0.1) is 12.7 Å². The van der Waals surface area contributed by atoms with Crippen molar-refractivity contribution in [3.8, 4) is 0 Å². The highest BCUT2D eigenvalue weighted by Gasteiger charge is 2.15. The third-order valence-corrected chi connectivity index (χ3v) is 4.65. The first kappa shape index (κ1) is 19.0. The van der Waals surface area contributed by atoms with Crippen LogP contribution in [0.15, 0.2) is 0 Å². The second-order valence-corrected chi connectivity index (χ2v) is 6.87. The number of hydrogen-bond acceptors (Lipinski definition) is 2. The molecule has 0 aromatic carbocycles. The molecule has 0 spiro atoms. The van der Waals surface area contributed by atoms with Crippen molar-refractivity contribution >= 4 is 0 Å². The number of unbranched alkanes of at least 4 members (excludes halogenated alkanes) is 11. The van der Waals surface area contributed by atoms with Gasteiger partial charge in [-0.05, 0) is 19.9 Å². The highest BCUT2D eigenvalue weighted by molar-refractivity contribution is 4.67. The lowest BCUT2D eigenvalue weighted by Gasteiger charge is -2.30. The molecular formula is C19H39NO. The van der Waals surface area contributed by atoms with E-state index in [4.69, 9.17) is 4.74 Å². The summed E-state index contributed by atoms with van der Waals surface area (Å²) in [6.45, 7) is 8.97. The number of hydrogen-bond donors (Lipinski definition) is 0. The molecule has 2 heteroatoms. The first-order valence-electron chi connectivity index (χ1n) is 9.67. The summed E-state index contributed by atoms with van der Waals surface area (Å²) in [6.07, 6.45) is 17.7. The molecule has 0 aliphatic carbocycles. The fourth-order valence-electron chi connectivity index (χ4n) is 3.27. The van der Waals surface area contributed by atoms with Crippen molar-refractivity contribution in [1.82, 2.24) is 4.90 Å². The molecule has 0 aromatic rings. The Kier molecular flexibility index (Phi) is 12.3. The van der Waals surface area contributed by atoms with E-state index in [-0.39, 0.29) is 0 Å². The molecule has 1 fully saturated rings. The minimum Gasteiger partial charge on any atom is -0.376 e. The maximum Gasteiger partial charge on any atom is 0.0674 e. The second kappa shape index (κ2) is 13.6. The Morgan fingerprint density at radius 1 is 0.810 bits per heavy atom. The molecule has 1 atom stereocenters. The van der Waals surface area contributed by atoms with Crippen molar-refractivity contribution in [3.63, 3.8) is 0 Å². The zero-order valence-corrected chi connectivity index (χ0v) is 14.7. The van der Waals surface area contributed by atoms with Gasteiger partial charge >= 0.3 is 0 Å². The molecule has 0 N–H and O–H groups in total. The van der Waals surface area contributed by atoms with Crippen LogP contribution in [0.2, 0.25) is 0 Å². The molecule has 2 nitrogen and oxygen atoms in total. The van der Waals surface area contributed by atoms with Crippen molar-refractivity contribution in [2.24, 2.45) is 0 Å². The molecule has 1 aliphatic heterocycles. The number of ether oxygens (including phenoxy) is 1. The van der Waals surface area contributed by atoms with Crippen molar-refractivity contribution in [2.45, 2.75) is 97.0 Å². The predicted octanol–water partition coefficient (Wildman–Crippen LogP) is 5.41. The van der Waals surface area contributed by atoms with Crippen LogP contribution in [0.3, 0.4) is 0 Å². The quantitative estimate of drug-likeness (QED) is 0.422. The molecule has 1 aliphatic rings. The molecule has 21 heavy (non-hydrogen) atoms. The van der Waals surface area contributed by atoms with Crippen molar-refractivity contribution in [3.05, 3.63) is 0 Å². The lowest BCUT2D eigenvalue weighted by Crippen LogP contribution is -2.41. The highest BCUT2D eigenvalue weighted by Crippen LogP contribution is 2.12. The van der Waals surface area contributed by atoms with Crippen molar-refractivity contribution < 1.29 is 4.74 Å². The average Bonchev–Trinajstić information content (AvgIpc) is 2.48. The van der Waals surface area contributed by atoms with E-state index in [1.54, 1.807) is 0 Å². The summed E-state index contributed by atoms with van der Waals surface area (Å²) < 4.78 is 5.58. The fraction of sp³-hybridized carbons (Fsp3) is 1.00. The average molecular weight is 298 g/mol. The van der Waals surface area contributed by atoms with Gasteiger partial charge in [-0.25, -0.2) is 0 Å². The van der Waals surface area contributed by atoms with E-state index in [1.807, 2.05) is 0 Å². The van der Waals surface area contributed by atoms with Crippen LogP contribution in [-0.4, -0.2) is 37.2 Å². The summed E-state index contributed by atoms with van der Waals surface area (Å²) in [5, 5.41) is 0. The third kappa shape index (κ3) is 11.2. The fourth-order valence-corrected chi connectivity index (χ4v) is 3.27. The van der Waals surface area contributed by atoms with Gasteiger partial charge in [0.2, 0.25) is 0 Å². The first-order chi connectivity index (χ1) is 10.3. The molecule has 0 amide bonds. The van der Waals surface area contributed by atoms with E-state index < -0.39 is 0 Å². The van der Waals surface area contributed by atoms with E-state index in [0.29, 0.717) is 6.10 Å². The Morgan fingerprint density at radius 3 is 1.86 bits per heavy atom. The number of rotatable bonds is 13. The molecule has 0 radical (unpaired) electrons. The summed E-state index contributed by atoms with van der Waals surface area (Å²) in [5.41, 5.74) is 0. The van der Waals surface area contributed by atoms with Gasteiger partial charge < -0.3 is 4.74 Å². The SMILES string of the molecule is CCCCCCCCCCCCCCN1CCOC(C)C1. The topological polar surface area (TPSA) is 12.5 Å². The van der Waals surface area contributed by atoms with Gasteiger partial charge in [-0.3, -0.25) is 4.90 Å². The molecule has 0 saturated carbocycles. The molecule has 1 rings (SSSR count). The van der Waals surface area contributed by atoms with Crippen LogP contribution in [0, 0.1) is 0 Å². The van der Waals surface area contributed by atoms with E-state index in [0.717, 1.165) is 19.7 Å². The van der Waals surface area contributed by atoms with Gasteiger partial charge in [-0.2, -0.15) is 0 Å². The zero-order valence-electron chi connectivity index (χ0n) is 14.7. The van der Waals surface area contributed by atoms with Crippen LogP contribution in [0.5, 0.6) is 0 Å². The molecule has 0 aromatic heterocycles. The molecule has 126 valence electrons. The summed E-state index contributed by atoms with van der Waals surface area (Å²) in [6, 6.07) is 0. The van der Waals surface area contributed by atoms with Crippen LogP contribution >= 0.6 is 0 Å². The van der Waals surface area contributed by atoms with Gasteiger partial charge in [0, 0.05) is 13.1 Å². The largest absolute Gasteiger partial charge is 0.376 e. The standard InChI is InChI=1S/C19H39NO/c1-3-4-5-6-7-8-9-10-11-12-13-14-15-20-16-17-21-19(2)18-20/h19H,3-18H2,1-2H3. The van der Waals surface area contributed by atoms with Crippen LogP contribution in [-0.2, 0) is 4.74 Å². The summed E-state index contributed by atoms with van der Waals surface area (Å²) in [5.74, 6) is 0. The number of morpholine rings is 1. The van der Waals surface area contributed by atoms with E-state index in [2.05, 4.69) is 18.7 Å². The van der Waals surface area contributed by atoms with Crippen LogP contribution in [0.25, 0.3) is 0 Å². The lowest BCUT2D eigenvalue weighted by molar-refractivity contribution is -0.0186. The Hall–Kier alpha value is -0.0800. The van der Waals surface area contributed by atoms with Crippen LogP contribution in [0.1, 0.15) is 90.9 Å². The van der Waals surface area contributed by atoms with Crippen LogP contribution < -0.4 is 0 Å². The molecule has 1 unspecified atom stereocenters. The third-order valence-electron chi connectivity index (χ3n) is 4.65. The maximum atomic E-state index is 5.58. The van der Waals surface area contributed by atoms with Gasteiger partial charge in [0.15, 0.2) is 0 Å². The normalized spacial score (nSPS) is 20.0. The summed E-state index contributed by atoms with van der Waals surface area (Å²) in [4.78, 5) is 2.57. The maximum absolute atomic E-state index is 5.58. The molecule has 0 bridgehead atoms. The van der Waals surface area contributed by atoms with Gasteiger partial charge in [-0.15, -0.1) is 0 Å². The Bertz CT molecular complexity index is 220. The van der Waals surface area contributed by atoms with E-state index in [1.165, 1.54) is 83.6 Å². The van der Waals surface area contributed by atoms with Crippen molar-refractivity contribution in [2.75, 3.05) is 26.2 Å². The lowest BCUT2D eigenvalue weighted by atomic mass is 10.1. The smallest absolute Gasteiger partial charge is 0.0674 e. The Morgan fingerprint density at radius 2 is 1.33 bits per heavy atom. The van der Waals surface area contributed by atoms with Gasteiger partial charge in [0.1, 0.15) is 0 Å². The molecular weight excluding hydrogens is 258 g/mol. The monoisotopic (exact) mass is 297 g/mol. The second-order valence-electron chi connectivity index (χ2n) is 6.87. The van der Waals surface area contributed by atoms with E-state index in [9.17, 15) is 0 Å². The molecule has 1 saturated heterocycles. The number of nitrogens with zero attached hydrogens (tertiary/aromatic N) is 1. The Labute approximate surface area is 133 Å². The Balaban J connectivity index is 1.74. The minimum absolute atomic E-state index is 0.441. The van der Waals surface area contributed by atoms with Crippen molar-refractivity contribution in [1.29, 1.82) is 0 Å². The summed E-state index contributed by atoms with van der Waals surface area (Å²) >= 11 is 0. The van der Waals surface area contributed by atoms with Gasteiger partial charge in [0.25, 0.3) is 0 Å². The minimum atomic E-state index is 0.441. The summed E-state index contributed by atoms with van der Waals surface area (Å²) in [7, 11) is 0. The first-order valence-corrected chi connectivity index (χ1v) is 9.67. The zero-order chi connectivity index (χ0) is 15.2. The van der Waals surface area contributed by atoms with Gasteiger partial charge in [-0.1, -0.05) is 77.6 Å².